The maximum atomic E-state index is 6.51. The van der Waals surface area contributed by atoms with E-state index in [4.69, 9.17) is 4.42 Å². The third-order valence-electron chi connectivity index (χ3n) is 13.4. The molecule has 0 fully saturated rings. The highest BCUT2D eigenvalue weighted by Gasteiger charge is 2.38. The first-order valence-corrected chi connectivity index (χ1v) is 20.3. The SMILES string of the molecule is CC1(C)CCC(C)(C)c2cc3c(cc21)c1c2ccccc2c2c4ccccc4n(-c4ccccc4)c2c1n3-c1ccc(-c2cccc3c2oc2ccccc23)cc1. The minimum absolute atomic E-state index is 0.0613. The van der Waals surface area contributed by atoms with E-state index in [9.17, 15) is 0 Å². The fraction of sp³-hybridized carbons (Fsp3) is 0.148. The zero-order valence-corrected chi connectivity index (χ0v) is 32.7. The molecule has 57 heavy (non-hydrogen) atoms. The fourth-order valence-electron chi connectivity index (χ4n) is 10.4. The van der Waals surface area contributed by atoms with Gasteiger partial charge >= 0.3 is 0 Å². The van der Waals surface area contributed by atoms with Crippen LogP contribution in [0.5, 0.6) is 0 Å². The van der Waals surface area contributed by atoms with Gasteiger partial charge in [0.25, 0.3) is 0 Å². The van der Waals surface area contributed by atoms with Gasteiger partial charge in [0.15, 0.2) is 0 Å². The smallest absolute Gasteiger partial charge is 0.143 e. The normalized spacial score (nSPS) is 15.2. The predicted octanol–water partition coefficient (Wildman–Crippen LogP) is 14.9. The number of benzene rings is 8. The van der Waals surface area contributed by atoms with Gasteiger partial charge in [0, 0.05) is 49.3 Å². The van der Waals surface area contributed by atoms with Gasteiger partial charge in [-0.1, -0.05) is 137 Å². The van der Waals surface area contributed by atoms with E-state index in [1.54, 1.807) is 0 Å². The summed E-state index contributed by atoms with van der Waals surface area (Å²) in [5, 5.41) is 10.1. The van der Waals surface area contributed by atoms with E-state index in [0.717, 1.165) is 50.9 Å². The van der Waals surface area contributed by atoms with Gasteiger partial charge in [0.05, 0.1) is 22.1 Å². The second kappa shape index (κ2) is 11.5. The van der Waals surface area contributed by atoms with Gasteiger partial charge in [-0.15, -0.1) is 0 Å². The number of hydrogen-bond acceptors (Lipinski definition) is 1. The van der Waals surface area contributed by atoms with E-state index in [1.807, 2.05) is 6.07 Å². The lowest BCUT2D eigenvalue weighted by Crippen LogP contribution is -2.33. The van der Waals surface area contributed by atoms with Crippen LogP contribution < -0.4 is 0 Å². The van der Waals surface area contributed by atoms with E-state index in [0.29, 0.717) is 0 Å². The molecule has 0 bridgehead atoms. The van der Waals surface area contributed by atoms with Gasteiger partial charge in [-0.3, -0.25) is 0 Å². The number of furan rings is 1. The quantitative estimate of drug-likeness (QED) is 0.177. The number of nitrogens with zero attached hydrogens (tertiary/aromatic N) is 2. The number of fused-ring (bicyclic) bond motifs is 14. The summed E-state index contributed by atoms with van der Waals surface area (Å²) >= 11 is 0. The Balaban J connectivity index is 1.25. The second-order valence-electron chi connectivity index (χ2n) is 17.5. The van der Waals surface area contributed by atoms with E-state index >= 15 is 0 Å². The Morgan fingerprint density at radius 3 is 1.70 bits per heavy atom. The van der Waals surface area contributed by atoms with Crippen molar-refractivity contribution in [2.45, 2.75) is 51.4 Å². The molecule has 12 rings (SSSR count). The lowest BCUT2D eigenvalue weighted by molar-refractivity contribution is 0.332. The van der Waals surface area contributed by atoms with Crippen LogP contribution in [0, 0.1) is 0 Å². The molecule has 0 saturated heterocycles. The van der Waals surface area contributed by atoms with E-state index < -0.39 is 0 Å². The first kappa shape index (κ1) is 32.6. The molecule has 1 aliphatic carbocycles. The number of para-hydroxylation sites is 4. The number of rotatable bonds is 3. The largest absolute Gasteiger partial charge is 0.455 e. The fourth-order valence-corrected chi connectivity index (χ4v) is 10.4. The Morgan fingerprint density at radius 2 is 0.982 bits per heavy atom. The van der Waals surface area contributed by atoms with Crippen LogP contribution in [0.25, 0.3) is 98.8 Å². The van der Waals surface area contributed by atoms with Crippen molar-refractivity contribution >= 4 is 76.3 Å². The van der Waals surface area contributed by atoms with Crippen molar-refractivity contribution in [3.05, 3.63) is 169 Å². The van der Waals surface area contributed by atoms with Crippen LogP contribution >= 0.6 is 0 Å². The van der Waals surface area contributed by atoms with Crippen LogP contribution in [0.2, 0.25) is 0 Å². The highest BCUT2D eigenvalue weighted by atomic mass is 16.3. The molecule has 0 saturated carbocycles. The highest BCUT2D eigenvalue weighted by Crippen LogP contribution is 2.51. The minimum Gasteiger partial charge on any atom is -0.455 e. The average molecular weight is 735 g/mol. The molecule has 1 aliphatic rings. The maximum absolute atomic E-state index is 6.51. The Hall–Kier alpha value is -6.58. The van der Waals surface area contributed by atoms with Crippen molar-refractivity contribution in [3.8, 4) is 22.5 Å². The van der Waals surface area contributed by atoms with Crippen molar-refractivity contribution in [2.24, 2.45) is 0 Å². The van der Waals surface area contributed by atoms with Crippen molar-refractivity contribution < 1.29 is 4.42 Å². The van der Waals surface area contributed by atoms with E-state index in [2.05, 4.69) is 188 Å². The molecule has 0 unspecified atom stereocenters. The molecule has 0 atom stereocenters. The summed E-state index contributed by atoms with van der Waals surface area (Å²) in [4.78, 5) is 0. The van der Waals surface area contributed by atoms with Gasteiger partial charge in [-0.05, 0) is 99.7 Å². The molecule has 0 amide bonds. The Labute approximate surface area is 331 Å². The molecular formula is C54H42N2O. The summed E-state index contributed by atoms with van der Waals surface area (Å²) in [6.45, 7) is 9.76. The van der Waals surface area contributed by atoms with Gasteiger partial charge < -0.3 is 13.6 Å². The first-order valence-electron chi connectivity index (χ1n) is 20.3. The van der Waals surface area contributed by atoms with Crippen LogP contribution in [0.4, 0.5) is 0 Å². The van der Waals surface area contributed by atoms with Crippen LogP contribution in [-0.2, 0) is 10.8 Å². The lowest BCUT2D eigenvalue weighted by atomic mass is 9.63. The summed E-state index contributed by atoms with van der Waals surface area (Å²) in [5.74, 6) is 0. The molecule has 3 nitrogen and oxygen atoms in total. The molecule has 3 heteroatoms. The summed E-state index contributed by atoms with van der Waals surface area (Å²) in [7, 11) is 0. The number of hydrogen-bond donors (Lipinski definition) is 0. The third kappa shape index (κ3) is 4.48. The summed E-state index contributed by atoms with van der Waals surface area (Å²) in [6, 6.07) is 58.2. The van der Waals surface area contributed by atoms with Crippen molar-refractivity contribution in [2.75, 3.05) is 0 Å². The Kier molecular flexibility index (Phi) is 6.58. The Bertz CT molecular complexity index is 3440. The topological polar surface area (TPSA) is 23.0 Å². The minimum atomic E-state index is 0.0613. The van der Waals surface area contributed by atoms with Crippen LogP contribution in [0.15, 0.2) is 162 Å². The van der Waals surface area contributed by atoms with Gasteiger partial charge in [-0.2, -0.15) is 0 Å². The molecular weight excluding hydrogens is 693 g/mol. The summed E-state index contributed by atoms with van der Waals surface area (Å²) < 4.78 is 11.6. The predicted molar refractivity (Wildman–Crippen MR) is 241 cm³/mol. The molecule has 0 spiro atoms. The van der Waals surface area contributed by atoms with E-state index in [-0.39, 0.29) is 10.8 Å². The van der Waals surface area contributed by atoms with Crippen molar-refractivity contribution in [1.29, 1.82) is 0 Å². The molecule has 0 radical (unpaired) electrons. The van der Waals surface area contributed by atoms with Gasteiger partial charge in [0.1, 0.15) is 11.2 Å². The molecule has 8 aromatic carbocycles. The third-order valence-corrected chi connectivity index (χ3v) is 13.4. The van der Waals surface area contributed by atoms with Crippen LogP contribution in [0.1, 0.15) is 51.7 Å². The maximum Gasteiger partial charge on any atom is 0.143 e. The number of aromatic nitrogens is 2. The average Bonchev–Trinajstić information content (AvgIpc) is 3.91. The molecule has 0 aliphatic heterocycles. The summed E-state index contributed by atoms with van der Waals surface area (Å²) in [6.07, 6.45) is 2.33. The van der Waals surface area contributed by atoms with Gasteiger partial charge in [0.2, 0.25) is 0 Å². The van der Waals surface area contributed by atoms with Crippen molar-refractivity contribution in [1.82, 2.24) is 9.13 Å². The molecule has 11 aromatic rings. The molecule has 0 N–H and O–H groups in total. The van der Waals surface area contributed by atoms with E-state index in [1.165, 1.54) is 71.9 Å². The zero-order valence-electron chi connectivity index (χ0n) is 32.7. The molecule has 274 valence electrons. The molecule has 3 heterocycles. The molecule has 3 aromatic heterocycles. The zero-order chi connectivity index (χ0) is 38.2. The van der Waals surface area contributed by atoms with Crippen molar-refractivity contribution in [3.63, 3.8) is 0 Å². The monoisotopic (exact) mass is 734 g/mol. The second-order valence-corrected chi connectivity index (χ2v) is 17.5. The lowest BCUT2D eigenvalue weighted by Gasteiger charge is -2.42. The first-order chi connectivity index (χ1) is 27.8. The standard InChI is InChI=1S/C54H42N2O/c1-53(2)29-30-54(3,4)44-32-46-42(31-43(44)53)49-39-19-9-8-18-38(39)48-41-20-10-12-23-45(41)55(34-15-6-5-7-16-34)50(48)51(49)56(46)35-27-25-33(26-28-35)36-21-14-22-40-37-17-11-13-24-47(37)57-52(36)40/h5-28,31-32H,29-30H2,1-4H3. The summed E-state index contributed by atoms with van der Waals surface area (Å²) in [5.41, 5.74) is 14.4. The van der Waals surface area contributed by atoms with Crippen LogP contribution in [0.3, 0.4) is 0 Å². The van der Waals surface area contributed by atoms with Crippen LogP contribution in [-0.4, -0.2) is 9.13 Å². The van der Waals surface area contributed by atoms with Gasteiger partial charge in [-0.25, -0.2) is 0 Å². The highest BCUT2D eigenvalue weighted by molar-refractivity contribution is 6.36. The Morgan fingerprint density at radius 1 is 0.439 bits per heavy atom.